The van der Waals surface area contributed by atoms with Crippen molar-refractivity contribution >= 4 is 5.65 Å². The summed E-state index contributed by atoms with van der Waals surface area (Å²) in [6.45, 7) is 5.41. The van der Waals surface area contributed by atoms with Crippen LogP contribution in [0, 0.1) is 0 Å². The molecule has 126 valence electrons. The number of rotatable bonds is 3. The fourth-order valence-electron chi connectivity index (χ4n) is 3.04. The van der Waals surface area contributed by atoms with Crippen LogP contribution in [0.5, 0.6) is 0 Å². The maximum Gasteiger partial charge on any atom is 0.350 e. The zero-order valence-corrected chi connectivity index (χ0v) is 13.8. The fraction of sp³-hybridized carbons (Fsp3) is 0.500. The smallest absolute Gasteiger partial charge is 0.339 e. The summed E-state index contributed by atoms with van der Waals surface area (Å²) in [5.74, 6) is 1.32. The van der Waals surface area contributed by atoms with Crippen LogP contribution in [0.3, 0.4) is 0 Å². The molecule has 1 atom stereocenters. The minimum Gasteiger partial charge on any atom is -0.339 e. The van der Waals surface area contributed by atoms with Gasteiger partial charge in [-0.25, -0.2) is 9.48 Å². The first-order valence-corrected chi connectivity index (χ1v) is 8.14. The van der Waals surface area contributed by atoms with E-state index in [1.807, 2.05) is 6.07 Å². The number of aromatic nitrogens is 5. The van der Waals surface area contributed by atoms with E-state index < -0.39 is 0 Å². The third-order valence-corrected chi connectivity index (χ3v) is 4.56. The molecule has 0 spiro atoms. The van der Waals surface area contributed by atoms with Gasteiger partial charge in [0.15, 0.2) is 11.5 Å². The van der Waals surface area contributed by atoms with E-state index >= 15 is 0 Å². The Kier molecular flexibility index (Phi) is 3.49. The van der Waals surface area contributed by atoms with E-state index in [9.17, 15) is 4.79 Å². The molecule has 24 heavy (non-hydrogen) atoms. The van der Waals surface area contributed by atoms with Crippen molar-refractivity contribution in [3.8, 4) is 0 Å². The molecule has 0 bridgehead atoms. The summed E-state index contributed by atoms with van der Waals surface area (Å²) < 4.78 is 8.25. The average Bonchev–Trinajstić information content (AvgIpc) is 3.14. The van der Waals surface area contributed by atoms with Gasteiger partial charge in [-0.2, -0.15) is 4.98 Å². The zero-order chi connectivity index (χ0) is 16.7. The second kappa shape index (κ2) is 5.55. The highest BCUT2D eigenvalue weighted by atomic mass is 16.5. The standard InChI is InChI=1S/C16H20N6O2/c1-16(2)7-6-11(9-17-16)14-18-12(20-24-14)10-22-15(23)21-8-4-3-5-13(21)19-22/h3-5,8,11,17H,6-7,9-10H2,1-2H3. The minimum atomic E-state index is -0.210. The molecule has 4 heterocycles. The Bertz CT molecular complexity index is 912. The minimum absolute atomic E-state index is 0.156. The molecule has 1 aliphatic heterocycles. The van der Waals surface area contributed by atoms with Crippen molar-refractivity contribution in [3.63, 3.8) is 0 Å². The van der Waals surface area contributed by atoms with Crippen LogP contribution < -0.4 is 11.0 Å². The van der Waals surface area contributed by atoms with E-state index in [4.69, 9.17) is 4.52 Å². The van der Waals surface area contributed by atoms with Gasteiger partial charge in [0.25, 0.3) is 0 Å². The Labute approximate surface area is 138 Å². The van der Waals surface area contributed by atoms with Gasteiger partial charge >= 0.3 is 5.69 Å². The molecule has 0 saturated carbocycles. The predicted molar refractivity (Wildman–Crippen MR) is 86.9 cm³/mol. The summed E-state index contributed by atoms with van der Waals surface area (Å²) in [5.41, 5.74) is 0.548. The molecule has 8 heteroatoms. The second-order valence-electron chi connectivity index (χ2n) is 6.92. The maximum atomic E-state index is 12.3. The van der Waals surface area contributed by atoms with Crippen LogP contribution in [-0.4, -0.2) is 36.4 Å². The van der Waals surface area contributed by atoms with Gasteiger partial charge in [-0.05, 0) is 38.8 Å². The number of pyridine rings is 1. The summed E-state index contributed by atoms with van der Waals surface area (Å²) in [6.07, 6.45) is 3.76. The van der Waals surface area contributed by atoms with E-state index in [0.717, 1.165) is 19.4 Å². The van der Waals surface area contributed by atoms with Crippen molar-refractivity contribution in [2.24, 2.45) is 0 Å². The molecular formula is C16H20N6O2. The van der Waals surface area contributed by atoms with Crippen molar-refractivity contribution in [2.45, 2.75) is 44.7 Å². The quantitative estimate of drug-likeness (QED) is 0.776. The highest BCUT2D eigenvalue weighted by Gasteiger charge is 2.30. The Balaban J connectivity index is 1.53. The molecule has 0 amide bonds. The lowest BCUT2D eigenvalue weighted by atomic mass is 9.87. The van der Waals surface area contributed by atoms with E-state index in [0.29, 0.717) is 17.4 Å². The molecule has 0 aliphatic carbocycles. The van der Waals surface area contributed by atoms with E-state index in [1.165, 1.54) is 9.08 Å². The number of fused-ring (bicyclic) bond motifs is 1. The number of piperidine rings is 1. The van der Waals surface area contributed by atoms with Gasteiger partial charge in [-0.1, -0.05) is 11.2 Å². The maximum absolute atomic E-state index is 12.3. The van der Waals surface area contributed by atoms with Gasteiger partial charge in [-0.3, -0.25) is 4.40 Å². The van der Waals surface area contributed by atoms with E-state index in [1.54, 1.807) is 18.3 Å². The third-order valence-electron chi connectivity index (χ3n) is 4.56. The van der Waals surface area contributed by atoms with Crippen molar-refractivity contribution < 1.29 is 4.52 Å². The average molecular weight is 328 g/mol. The van der Waals surface area contributed by atoms with Crippen molar-refractivity contribution in [3.05, 3.63) is 46.6 Å². The van der Waals surface area contributed by atoms with Gasteiger partial charge in [0, 0.05) is 18.3 Å². The van der Waals surface area contributed by atoms with Gasteiger partial charge < -0.3 is 9.84 Å². The molecular weight excluding hydrogens is 308 g/mol. The first-order valence-electron chi connectivity index (χ1n) is 8.14. The van der Waals surface area contributed by atoms with E-state index in [2.05, 4.69) is 34.4 Å². The lowest BCUT2D eigenvalue weighted by Crippen LogP contribution is -2.45. The Morgan fingerprint density at radius 3 is 3.04 bits per heavy atom. The fourth-order valence-corrected chi connectivity index (χ4v) is 3.04. The van der Waals surface area contributed by atoms with Crippen molar-refractivity contribution in [1.82, 2.24) is 29.6 Å². The largest absolute Gasteiger partial charge is 0.350 e. The monoisotopic (exact) mass is 328 g/mol. The molecule has 3 aromatic rings. The third kappa shape index (κ3) is 2.73. The molecule has 1 fully saturated rings. The summed E-state index contributed by atoms with van der Waals surface area (Å²) >= 11 is 0. The van der Waals surface area contributed by atoms with Crippen LogP contribution >= 0.6 is 0 Å². The molecule has 0 radical (unpaired) electrons. The summed E-state index contributed by atoms with van der Waals surface area (Å²) in [5, 5.41) is 11.8. The van der Waals surface area contributed by atoms with Crippen LogP contribution in [0.4, 0.5) is 0 Å². The van der Waals surface area contributed by atoms with Crippen LogP contribution in [0.25, 0.3) is 5.65 Å². The normalized spacial score (nSPS) is 20.5. The van der Waals surface area contributed by atoms with Crippen LogP contribution in [0.1, 0.15) is 44.3 Å². The summed E-state index contributed by atoms with van der Waals surface area (Å²) in [7, 11) is 0. The SMILES string of the molecule is CC1(C)CCC(c2nc(Cn3nc4ccccn4c3=O)no2)CN1. The molecule has 8 nitrogen and oxygen atoms in total. The Hall–Kier alpha value is -2.48. The number of nitrogens with one attached hydrogen (secondary N) is 1. The lowest BCUT2D eigenvalue weighted by molar-refractivity contribution is 0.246. The van der Waals surface area contributed by atoms with Crippen molar-refractivity contribution in [1.29, 1.82) is 0 Å². The summed E-state index contributed by atoms with van der Waals surface area (Å²) in [6, 6.07) is 5.43. The zero-order valence-electron chi connectivity index (χ0n) is 13.8. The van der Waals surface area contributed by atoms with Gasteiger partial charge in [0.05, 0.1) is 5.92 Å². The predicted octanol–water partition coefficient (Wildman–Crippen LogP) is 1.17. The molecule has 1 aliphatic rings. The van der Waals surface area contributed by atoms with E-state index in [-0.39, 0.29) is 23.7 Å². The number of nitrogens with zero attached hydrogens (tertiary/aromatic N) is 5. The topological polar surface area (TPSA) is 90.3 Å². The van der Waals surface area contributed by atoms with Crippen LogP contribution in [0.15, 0.2) is 33.7 Å². The molecule has 3 aromatic heterocycles. The Morgan fingerprint density at radius 1 is 1.42 bits per heavy atom. The van der Waals surface area contributed by atoms with Gasteiger partial charge in [0.2, 0.25) is 5.89 Å². The first kappa shape index (κ1) is 15.1. The highest BCUT2D eigenvalue weighted by Crippen LogP contribution is 2.28. The first-order chi connectivity index (χ1) is 11.5. The lowest BCUT2D eigenvalue weighted by Gasteiger charge is -2.34. The number of hydrogen-bond donors (Lipinski definition) is 1. The Morgan fingerprint density at radius 2 is 2.29 bits per heavy atom. The molecule has 1 N–H and O–H groups in total. The van der Waals surface area contributed by atoms with Gasteiger partial charge in [0.1, 0.15) is 6.54 Å². The number of hydrogen-bond acceptors (Lipinski definition) is 6. The highest BCUT2D eigenvalue weighted by molar-refractivity contribution is 5.35. The van der Waals surface area contributed by atoms with Crippen LogP contribution in [0.2, 0.25) is 0 Å². The van der Waals surface area contributed by atoms with Crippen LogP contribution in [-0.2, 0) is 6.54 Å². The summed E-state index contributed by atoms with van der Waals surface area (Å²) in [4.78, 5) is 16.7. The molecule has 0 aromatic carbocycles. The molecule has 1 saturated heterocycles. The van der Waals surface area contributed by atoms with Crippen molar-refractivity contribution in [2.75, 3.05) is 6.54 Å². The second-order valence-corrected chi connectivity index (χ2v) is 6.92. The van der Waals surface area contributed by atoms with Gasteiger partial charge in [-0.15, -0.1) is 5.10 Å². The molecule has 1 unspecified atom stereocenters. The molecule has 4 rings (SSSR count).